The van der Waals surface area contributed by atoms with Crippen molar-refractivity contribution < 1.29 is 9.59 Å². The van der Waals surface area contributed by atoms with Crippen molar-refractivity contribution in [2.24, 2.45) is 0 Å². The molecule has 25 heavy (non-hydrogen) atoms. The van der Waals surface area contributed by atoms with Crippen LogP contribution in [0.25, 0.3) is 10.9 Å². The second-order valence-electron chi connectivity index (χ2n) is 5.49. The van der Waals surface area contributed by atoms with E-state index in [9.17, 15) is 9.59 Å². The fourth-order valence-electron chi connectivity index (χ4n) is 2.71. The molecule has 0 bridgehead atoms. The Morgan fingerprint density at radius 1 is 1.08 bits per heavy atom. The molecule has 0 aliphatic carbocycles. The van der Waals surface area contributed by atoms with Gasteiger partial charge in [-0.3, -0.25) is 9.69 Å². The van der Waals surface area contributed by atoms with Gasteiger partial charge >= 0.3 is 6.03 Å². The first-order chi connectivity index (χ1) is 11.9. The van der Waals surface area contributed by atoms with Gasteiger partial charge in [0, 0.05) is 40.6 Å². The Kier molecular flexibility index (Phi) is 4.70. The number of anilines is 1. The number of halogens is 2. The Balaban J connectivity index is 2.22. The van der Waals surface area contributed by atoms with Gasteiger partial charge in [-0.25, -0.2) is 4.79 Å². The van der Waals surface area contributed by atoms with Crippen LogP contribution in [0.3, 0.4) is 0 Å². The molecular formula is C18H15Cl2N3O2. The molecule has 0 atom stereocenters. The second kappa shape index (κ2) is 6.78. The van der Waals surface area contributed by atoms with E-state index < -0.39 is 0 Å². The quantitative estimate of drug-likeness (QED) is 0.662. The summed E-state index contributed by atoms with van der Waals surface area (Å²) in [5.74, 6) is -0.263. The third kappa shape index (κ3) is 3.21. The number of urea groups is 1. The molecule has 7 heteroatoms. The number of rotatable bonds is 3. The number of hydrogen-bond donors (Lipinski definition) is 2. The number of aromatic amines is 1. The Morgan fingerprint density at radius 3 is 2.48 bits per heavy atom. The summed E-state index contributed by atoms with van der Waals surface area (Å²) in [6.45, 7) is 0. The van der Waals surface area contributed by atoms with Crippen LogP contribution < -0.4 is 10.2 Å². The van der Waals surface area contributed by atoms with Gasteiger partial charge in [-0.1, -0.05) is 35.3 Å². The Labute approximate surface area is 154 Å². The second-order valence-corrected chi connectivity index (χ2v) is 6.37. The van der Waals surface area contributed by atoms with Gasteiger partial charge in [-0.15, -0.1) is 0 Å². The van der Waals surface area contributed by atoms with Crippen LogP contribution in [0, 0.1) is 0 Å². The molecule has 1 heterocycles. The summed E-state index contributed by atoms with van der Waals surface area (Å²) in [6, 6.07) is 11.5. The van der Waals surface area contributed by atoms with E-state index in [0.717, 1.165) is 5.39 Å². The van der Waals surface area contributed by atoms with Crippen molar-refractivity contribution in [1.29, 1.82) is 0 Å². The van der Waals surface area contributed by atoms with Crippen LogP contribution in [-0.2, 0) is 0 Å². The number of ketones is 1. The maximum absolute atomic E-state index is 13.0. The molecule has 3 aromatic rings. The van der Waals surface area contributed by atoms with E-state index in [1.165, 1.54) is 11.9 Å². The van der Waals surface area contributed by atoms with Crippen LogP contribution >= 0.6 is 23.2 Å². The van der Waals surface area contributed by atoms with Gasteiger partial charge in [0.25, 0.3) is 0 Å². The maximum Gasteiger partial charge on any atom is 0.321 e. The van der Waals surface area contributed by atoms with Crippen LogP contribution in [0.2, 0.25) is 10.0 Å². The number of nitrogens with one attached hydrogen (secondary N) is 2. The van der Waals surface area contributed by atoms with Crippen molar-refractivity contribution in [2.75, 3.05) is 19.0 Å². The molecule has 0 saturated carbocycles. The topological polar surface area (TPSA) is 65.2 Å². The highest BCUT2D eigenvalue weighted by atomic mass is 35.5. The molecule has 3 rings (SSSR count). The summed E-state index contributed by atoms with van der Waals surface area (Å²) in [5, 5.41) is 4.28. The van der Waals surface area contributed by atoms with E-state index in [4.69, 9.17) is 23.2 Å². The molecule has 1 aromatic heterocycles. The van der Waals surface area contributed by atoms with Crippen LogP contribution in [-0.4, -0.2) is 30.9 Å². The van der Waals surface area contributed by atoms with E-state index in [2.05, 4.69) is 10.3 Å². The van der Waals surface area contributed by atoms with Gasteiger partial charge in [0.15, 0.2) is 0 Å². The number of carbonyl (C=O) groups excluding carboxylic acids is 2. The highest BCUT2D eigenvalue weighted by Crippen LogP contribution is 2.34. The third-order valence-electron chi connectivity index (χ3n) is 3.90. The first kappa shape index (κ1) is 17.3. The molecule has 2 amide bonds. The predicted molar refractivity (Wildman–Crippen MR) is 101 cm³/mol. The first-order valence-electron chi connectivity index (χ1n) is 7.49. The minimum absolute atomic E-state index is 0.263. The third-order valence-corrected chi connectivity index (χ3v) is 4.37. The minimum Gasteiger partial charge on any atom is -0.350 e. The zero-order chi connectivity index (χ0) is 18.1. The summed E-state index contributed by atoms with van der Waals surface area (Å²) in [6.07, 6.45) is 0. The average molecular weight is 376 g/mol. The molecule has 0 fully saturated rings. The summed E-state index contributed by atoms with van der Waals surface area (Å²) in [7, 11) is 3.13. The van der Waals surface area contributed by atoms with E-state index in [1.807, 2.05) is 0 Å². The zero-order valence-corrected chi connectivity index (χ0v) is 15.1. The van der Waals surface area contributed by atoms with Crippen molar-refractivity contribution in [2.45, 2.75) is 0 Å². The fourth-order valence-corrected chi connectivity index (χ4v) is 3.07. The summed E-state index contributed by atoms with van der Waals surface area (Å²) in [4.78, 5) is 29.6. The van der Waals surface area contributed by atoms with Crippen LogP contribution in [0.5, 0.6) is 0 Å². The van der Waals surface area contributed by atoms with Gasteiger partial charge in [0.05, 0.1) is 5.69 Å². The van der Waals surface area contributed by atoms with Crippen molar-refractivity contribution in [3.8, 4) is 0 Å². The van der Waals surface area contributed by atoms with E-state index in [-0.39, 0.29) is 11.8 Å². The average Bonchev–Trinajstić information content (AvgIpc) is 2.97. The molecular weight excluding hydrogens is 361 g/mol. The van der Waals surface area contributed by atoms with Gasteiger partial charge in [-0.2, -0.15) is 0 Å². The lowest BCUT2D eigenvalue weighted by Crippen LogP contribution is -2.35. The Hall–Kier alpha value is -2.50. The normalized spacial score (nSPS) is 10.7. The van der Waals surface area contributed by atoms with E-state index >= 15 is 0 Å². The van der Waals surface area contributed by atoms with Crippen LogP contribution in [0.4, 0.5) is 10.5 Å². The number of amides is 2. The maximum atomic E-state index is 13.0. The Morgan fingerprint density at radius 2 is 1.80 bits per heavy atom. The number of carbonyl (C=O) groups is 2. The van der Waals surface area contributed by atoms with Crippen molar-refractivity contribution >= 4 is 51.6 Å². The number of hydrogen-bond acceptors (Lipinski definition) is 2. The van der Waals surface area contributed by atoms with E-state index in [1.54, 1.807) is 49.5 Å². The highest BCUT2D eigenvalue weighted by Gasteiger charge is 2.24. The van der Waals surface area contributed by atoms with Crippen molar-refractivity contribution in [3.63, 3.8) is 0 Å². The smallest absolute Gasteiger partial charge is 0.321 e. The minimum atomic E-state index is -0.337. The van der Waals surface area contributed by atoms with Gasteiger partial charge in [0.2, 0.25) is 5.78 Å². The highest BCUT2D eigenvalue weighted by molar-refractivity contribution is 6.32. The fraction of sp³-hybridized carbons (Fsp3) is 0.111. The molecule has 2 aromatic carbocycles. The lowest BCUT2D eigenvalue weighted by Gasteiger charge is -2.17. The van der Waals surface area contributed by atoms with Crippen molar-refractivity contribution in [1.82, 2.24) is 10.3 Å². The Bertz CT molecular complexity index is 982. The number of benzene rings is 2. The molecule has 0 saturated heterocycles. The SMILES string of the molecule is CNC(=O)N(C)c1c(C(=O)c2cccc(Cl)c2)[nH]c2cc(Cl)ccc12. The monoisotopic (exact) mass is 375 g/mol. The predicted octanol–water partition coefficient (Wildman–Crippen LogP) is 4.48. The van der Waals surface area contributed by atoms with Crippen LogP contribution in [0.15, 0.2) is 42.5 Å². The van der Waals surface area contributed by atoms with Gasteiger partial charge < -0.3 is 10.3 Å². The molecule has 128 valence electrons. The summed E-state index contributed by atoms with van der Waals surface area (Å²) in [5.41, 5.74) is 1.88. The molecule has 2 N–H and O–H groups in total. The molecule has 0 aliphatic heterocycles. The molecule has 0 unspecified atom stereocenters. The first-order valence-corrected chi connectivity index (χ1v) is 8.25. The zero-order valence-electron chi connectivity index (χ0n) is 13.6. The van der Waals surface area contributed by atoms with Gasteiger partial charge in [0.1, 0.15) is 5.69 Å². The summed E-state index contributed by atoms with van der Waals surface area (Å²) >= 11 is 12.0. The molecule has 0 aliphatic rings. The lowest BCUT2D eigenvalue weighted by molar-refractivity contribution is 0.103. The number of H-pyrrole nitrogens is 1. The molecule has 5 nitrogen and oxygen atoms in total. The number of nitrogens with zero attached hydrogens (tertiary/aromatic N) is 1. The van der Waals surface area contributed by atoms with Gasteiger partial charge in [-0.05, 0) is 30.3 Å². The summed E-state index contributed by atoms with van der Waals surface area (Å²) < 4.78 is 0. The standard InChI is InChI=1S/C18H15Cl2N3O2/c1-21-18(25)23(2)16-13-7-6-12(20)9-14(13)22-15(16)17(24)10-4-3-5-11(19)8-10/h3-9,22H,1-2H3,(H,21,25). The number of aromatic nitrogens is 1. The lowest BCUT2D eigenvalue weighted by atomic mass is 10.1. The largest absolute Gasteiger partial charge is 0.350 e. The van der Waals surface area contributed by atoms with E-state index in [0.29, 0.717) is 32.5 Å². The number of fused-ring (bicyclic) bond motifs is 1. The van der Waals surface area contributed by atoms with Crippen LogP contribution in [0.1, 0.15) is 16.1 Å². The molecule has 0 radical (unpaired) electrons. The molecule has 0 spiro atoms. The van der Waals surface area contributed by atoms with Crippen molar-refractivity contribution in [3.05, 3.63) is 63.8 Å².